The van der Waals surface area contributed by atoms with Gasteiger partial charge in [0.25, 0.3) is 0 Å². The summed E-state index contributed by atoms with van der Waals surface area (Å²) in [6, 6.07) is 3.41. The molecule has 0 spiro atoms. The Bertz CT molecular complexity index is 671. The number of hydrogen-bond donors (Lipinski definition) is 3. The fourth-order valence-electron chi connectivity index (χ4n) is 1.66. The average molecular weight is 298 g/mol. The van der Waals surface area contributed by atoms with Crippen molar-refractivity contribution in [3.8, 4) is 0 Å². The van der Waals surface area contributed by atoms with Crippen molar-refractivity contribution in [3.63, 3.8) is 0 Å². The molecule has 2 rings (SSSR count). The molecule has 0 saturated carbocycles. The van der Waals surface area contributed by atoms with Crippen molar-refractivity contribution in [3.05, 3.63) is 42.2 Å². The van der Waals surface area contributed by atoms with E-state index >= 15 is 0 Å². The summed E-state index contributed by atoms with van der Waals surface area (Å²) in [5.74, 6) is 0.0474. The number of aromatic nitrogens is 2. The molecular weight excluding hydrogens is 283 g/mol. The highest BCUT2D eigenvalue weighted by Crippen LogP contribution is 2.15. The van der Waals surface area contributed by atoms with Gasteiger partial charge in [-0.1, -0.05) is 0 Å². The summed E-state index contributed by atoms with van der Waals surface area (Å²) in [5, 5.41) is 0. The van der Waals surface area contributed by atoms with E-state index in [0.29, 0.717) is 12.8 Å². The number of imidazole rings is 1. The molecule has 20 heavy (non-hydrogen) atoms. The third-order valence-electron chi connectivity index (χ3n) is 2.72. The molecule has 1 aromatic carbocycles. The Hall–Kier alpha value is -1.93. The lowest BCUT2D eigenvalue weighted by atomic mass is 10.3. The molecule has 0 atom stereocenters. The molecule has 0 radical (unpaired) electrons. The van der Waals surface area contributed by atoms with Crippen molar-refractivity contribution >= 4 is 15.7 Å². The van der Waals surface area contributed by atoms with Gasteiger partial charge in [-0.25, -0.2) is 22.5 Å². The third kappa shape index (κ3) is 3.55. The summed E-state index contributed by atoms with van der Waals surface area (Å²) in [6.45, 7) is 0.245. The standard InChI is InChI=1S/C12H15FN4O2S/c13-10-8-9(3-4-11(10)14)20(18,19)17-5-1-2-12-15-6-7-16-12/h3-4,6-8,17H,1-2,5,14H2,(H,15,16). The van der Waals surface area contributed by atoms with Gasteiger partial charge in [0.05, 0.1) is 10.6 Å². The molecule has 2 aromatic rings. The second-order valence-electron chi connectivity index (χ2n) is 4.22. The van der Waals surface area contributed by atoms with Crippen molar-refractivity contribution in [1.82, 2.24) is 14.7 Å². The van der Waals surface area contributed by atoms with E-state index in [2.05, 4.69) is 14.7 Å². The maximum absolute atomic E-state index is 13.3. The zero-order valence-corrected chi connectivity index (χ0v) is 11.5. The van der Waals surface area contributed by atoms with E-state index in [1.165, 1.54) is 12.1 Å². The first-order valence-corrected chi connectivity index (χ1v) is 7.50. The number of nitrogen functional groups attached to an aromatic ring is 1. The number of nitrogens with one attached hydrogen (secondary N) is 2. The van der Waals surface area contributed by atoms with Gasteiger partial charge in [0.1, 0.15) is 11.6 Å². The summed E-state index contributed by atoms with van der Waals surface area (Å²) in [6.07, 6.45) is 4.56. The zero-order chi connectivity index (χ0) is 14.6. The van der Waals surface area contributed by atoms with Crippen LogP contribution in [0.5, 0.6) is 0 Å². The predicted octanol–water partition coefficient (Wildman–Crippen LogP) is 1.04. The molecule has 0 unspecified atom stereocenters. The lowest BCUT2D eigenvalue weighted by Crippen LogP contribution is -2.25. The number of nitrogens with two attached hydrogens (primary N) is 1. The highest BCUT2D eigenvalue weighted by molar-refractivity contribution is 7.89. The quantitative estimate of drug-likeness (QED) is 0.548. The minimum absolute atomic E-state index is 0.0817. The van der Waals surface area contributed by atoms with Crippen molar-refractivity contribution in [2.75, 3.05) is 12.3 Å². The third-order valence-corrected chi connectivity index (χ3v) is 4.18. The van der Waals surface area contributed by atoms with Gasteiger partial charge in [0.15, 0.2) is 0 Å². The molecule has 1 aromatic heterocycles. The number of halogens is 1. The first kappa shape index (κ1) is 14.5. The lowest BCUT2D eigenvalue weighted by molar-refractivity contribution is 0.575. The second kappa shape index (κ2) is 6.02. The van der Waals surface area contributed by atoms with Gasteiger partial charge < -0.3 is 10.7 Å². The van der Waals surface area contributed by atoms with E-state index < -0.39 is 15.8 Å². The molecule has 4 N–H and O–H groups in total. The maximum atomic E-state index is 13.3. The van der Waals surface area contributed by atoms with E-state index in [1.54, 1.807) is 12.4 Å². The van der Waals surface area contributed by atoms with Crippen LogP contribution in [0.4, 0.5) is 10.1 Å². The van der Waals surface area contributed by atoms with Crippen LogP contribution in [0, 0.1) is 5.82 Å². The molecule has 0 amide bonds. The molecule has 8 heteroatoms. The Labute approximate surface area is 116 Å². The second-order valence-corrected chi connectivity index (χ2v) is 5.99. The largest absolute Gasteiger partial charge is 0.396 e. The van der Waals surface area contributed by atoms with Crippen molar-refractivity contribution in [2.24, 2.45) is 0 Å². The molecule has 0 aliphatic heterocycles. The van der Waals surface area contributed by atoms with Crippen LogP contribution < -0.4 is 10.5 Å². The van der Waals surface area contributed by atoms with Gasteiger partial charge in [0.2, 0.25) is 10.0 Å². The molecule has 6 nitrogen and oxygen atoms in total. The SMILES string of the molecule is Nc1ccc(S(=O)(=O)NCCCc2ncc[nH]2)cc1F. The van der Waals surface area contributed by atoms with Gasteiger partial charge in [-0.15, -0.1) is 0 Å². The minimum Gasteiger partial charge on any atom is -0.396 e. The van der Waals surface area contributed by atoms with Crippen molar-refractivity contribution in [1.29, 1.82) is 0 Å². The minimum atomic E-state index is -3.72. The molecular formula is C12H15FN4O2S. The highest BCUT2D eigenvalue weighted by Gasteiger charge is 2.15. The molecule has 0 aliphatic rings. The molecule has 108 valence electrons. The number of hydrogen-bond acceptors (Lipinski definition) is 4. The molecule has 0 aliphatic carbocycles. The number of aryl methyl sites for hydroxylation is 1. The van der Waals surface area contributed by atoms with Crippen molar-refractivity contribution < 1.29 is 12.8 Å². The van der Waals surface area contributed by atoms with E-state index in [1.807, 2.05) is 0 Å². The highest BCUT2D eigenvalue weighted by atomic mass is 32.2. The van der Waals surface area contributed by atoms with Crippen molar-refractivity contribution in [2.45, 2.75) is 17.7 Å². The van der Waals surface area contributed by atoms with Gasteiger partial charge in [-0.2, -0.15) is 0 Å². The molecule has 0 saturated heterocycles. The zero-order valence-electron chi connectivity index (χ0n) is 10.6. The van der Waals surface area contributed by atoms with Crippen LogP contribution in [-0.4, -0.2) is 24.9 Å². The lowest BCUT2D eigenvalue weighted by Gasteiger charge is -2.07. The Balaban J connectivity index is 1.92. The first-order valence-electron chi connectivity index (χ1n) is 6.02. The van der Waals surface area contributed by atoms with Crippen LogP contribution in [0.25, 0.3) is 0 Å². The van der Waals surface area contributed by atoms with E-state index in [4.69, 9.17) is 5.73 Å². The van der Waals surface area contributed by atoms with Crippen LogP contribution in [0.2, 0.25) is 0 Å². The predicted molar refractivity (Wildman–Crippen MR) is 72.9 cm³/mol. The Morgan fingerprint density at radius 2 is 2.20 bits per heavy atom. The summed E-state index contributed by atoms with van der Waals surface area (Å²) >= 11 is 0. The van der Waals surface area contributed by atoms with Crippen LogP contribution in [-0.2, 0) is 16.4 Å². The number of benzene rings is 1. The Morgan fingerprint density at radius 1 is 1.40 bits per heavy atom. The number of sulfonamides is 1. The first-order chi connectivity index (χ1) is 9.49. The summed E-state index contributed by atoms with van der Waals surface area (Å²) < 4.78 is 39.5. The van der Waals surface area contributed by atoms with E-state index in [9.17, 15) is 12.8 Å². The number of H-pyrrole nitrogens is 1. The van der Waals surface area contributed by atoms with E-state index in [0.717, 1.165) is 11.9 Å². The van der Waals surface area contributed by atoms with Crippen LogP contribution in [0.15, 0.2) is 35.5 Å². The number of nitrogens with zero attached hydrogens (tertiary/aromatic N) is 1. The van der Waals surface area contributed by atoms with Gasteiger partial charge in [-0.05, 0) is 24.6 Å². The van der Waals surface area contributed by atoms with Crippen LogP contribution in [0.3, 0.4) is 0 Å². The summed E-state index contributed by atoms with van der Waals surface area (Å²) in [7, 11) is -3.72. The van der Waals surface area contributed by atoms with Gasteiger partial charge in [-0.3, -0.25) is 0 Å². The molecule has 0 fully saturated rings. The molecule has 1 heterocycles. The smallest absolute Gasteiger partial charge is 0.240 e. The summed E-state index contributed by atoms with van der Waals surface area (Å²) in [4.78, 5) is 6.82. The topological polar surface area (TPSA) is 101 Å². The number of anilines is 1. The average Bonchev–Trinajstić information content (AvgIpc) is 2.91. The fraction of sp³-hybridized carbons (Fsp3) is 0.250. The number of rotatable bonds is 6. The van der Waals surface area contributed by atoms with Crippen LogP contribution >= 0.6 is 0 Å². The summed E-state index contributed by atoms with van der Waals surface area (Å²) in [5.41, 5.74) is 5.23. The maximum Gasteiger partial charge on any atom is 0.240 e. The molecule has 0 bridgehead atoms. The normalized spacial score (nSPS) is 11.7. The van der Waals surface area contributed by atoms with Crippen LogP contribution in [0.1, 0.15) is 12.2 Å². The van der Waals surface area contributed by atoms with Gasteiger partial charge in [0, 0.05) is 25.4 Å². The Kier molecular flexibility index (Phi) is 4.35. The number of aromatic amines is 1. The monoisotopic (exact) mass is 298 g/mol. The van der Waals surface area contributed by atoms with E-state index in [-0.39, 0.29) is 17.1 Å². The Morgan fingerprint density at radius 3 is 2.85 bits per heavy atom. The van der Waals surface area contributed by atoms with Gasteiger partial charge >= 0.3 is 0 Å². The fourth-order valence-corrected chi connectivity index (χ4v) is 2.74.